The van der Waals surface area contributed by atoms with Crippen LogP contribution >= 0.6 is 11.8 Å². The van der Waals surface area contributed by atoms with Crippen molar-refractivity contribution < 1.29 is 8.78 Å². The molecule has 0 saturated carbocycles. The van der Waals surface area contributed by atoms with Gasteiger partial charge >= 0.3 is 0 Å². The number of thioether (sulfide) groups is 1. The van der Waals surface area contributed by atoms with E-state index in [0.717, 1.165) is 25.3 Å². The predicted octanol–water partition coefficient (Wildman–Crippen LogP) is 3.46. The zero-order chi connectivity index (χ0) is 18.1. The number of piperidine rings is 1. The Morgan fingerprint density at radius 3 is 2.92 bits per heavy atom. The number of halogens is 2. The SMILES string of the molecule is CSC1CCCN(c2ccnc(-c3cnc4cnc(C(F)F)cn34)n2)C1. The predicted molar refractivity (Wildman–Crippen MR) is 97.7 cm³/mol. The first-order chi connectivity index (χ1) is 12.7. The molecule has 1 unspecified atom stereocenters. The van der Waals surface area contributed by atoms with Crippen LogP contribution in [0, 0.1) is 0 Å². The molecule has 0 aliphatic carbocycles. The summed E-state index contributed by atoms with van der Waals surface area (Å²) in [6, 6.07) is 1.89. The second kappa shape index (κ2) is 7.14. The normalized spacial score (nSPS) is 18.0. The Balaban J connectivity index is 1.70. The summed E-state index contributed by atoms with van der Waals surface area (Å²) in [5.74, 6) is 1.32. The average Bonchev–Trinajstić information content (AvgIpc) is 3.11. The highest BCUT2D eigenvalue weighted by atomic mass is 32.2. The lowest BCUT2D eigenvalue weighted by Crippen LogP contribution is -2.37. The fourth-order valence-corrected chi connectivity index (χ4v) is 3.90. The summed E-state index contributed by atoms with van der Waals surface area (Å²) in [6.07, 6.45) is 7.76. The van der Waals surface area contributed by atoms with Crippen molar-refractivity contribution in [3.63, 3.8) is 0 Å². The molecule has 1 aliphatic heterocycles. The lowest BCUT2D eigenvalue weighted by Gasteiger charge is -2.32. The number of anilines is 1. The lowest BCUT2D eigenvalue weighted by molar-refractivity contribution is 0.145. The topological polar surface area (TPSA) is 59.2 Å². The Morgan fingerprint density at radius 1 is 1.23 bits per heavy atom. The van der Waals surface area contributed by atoms with Gasteiger partial charge < -0.3 is 4.90 Å². The van der Waals surface area contributed by atoms with Gasteiger partial charge in [0.25, 0.3) is 6.43 Å². The van der Waals surface area contributed by atoms with Crippen LogP contribution in [-0.4, -0.2) is 48.9 Å². The molecule has 0 N–H and O–H groups in total. The molecular weight excluding hydrogens is 358 g/mol. The van der Waals surface area contributed by atoms with Crippen LogP contribution in [-0.2, 0) is 0 Å². The van der Waals surface area contributed by atoms with E-state index in [9.17, 15) is 8.78 Å². The molecule has 26 heavy (non-hydrogen) atoms. The molecule has 1 fully saturated rings. The van der Waals surface area contributed by atoms with Crippen molar-refractivity contribution in [2.24, 2.45) is 0 Å². The van der Waals surface area contributed by atoms with Gasteiger partial charge in [-0.1, -0.05) is 0 Å². The van der Waals surface area contributed by atoms with Crippen LogP contribution in [0.25, 0.3) is 17.2 Å². The van der Waals surface area contributed by atoms with E-state index in [2.05, 4.69) is 31.1 Å². The number of hydrogen-bond donors (Lipinski definition) is 0. The summed E-state index contributed by atoms with van der Waals surface area (Å²) < 4.78 is 27.5. The third-order valence-electron chi connectivity index (χ3n) is 4.54. The van der Waals surface area contributed by atoms with E-state index in [1.165, 1.54) is 18.8 Å². The standard InChI is InChI=1S/C17H18F2N6S/c1-26-11-3-2-6-24(9-11)14-4-5-20-17(23-14)13-7-22-15-8-21-12(16(18)19)10-25(13)15/h4-5,7-8,10-11,16H,2-3,6,9H2,1H3. The van der Waals surface area contributed by atoms with Gasteiger partial charge in [0, 0.05) is 30.7 Å². The number of rotatable bonds is 4. The van der Waals surface area contributed by atoms with E-state index in [4.69, 9.17) is 0 Å². The van der Waals surface area contributed by atoms with Crippen molar-refractivity contribution in [1.29, 1.82) is 0 Å². The molecule has 0 aromatic carbocycles. The minimum atomic E-state index is -2.64. The molecular formula is C17H18F2N6S. The highest BCUT2D eigenvalue weighted by Crippen LogP contribution is 2.26. The summed E-state index contributed by atoms with van der Waals surface area (Å²) in [7, 11) is 0. The smallest absolute Gasteiger partial charge is 0.281 e. The summed E-state index contributed by atoms with van der Waals surface area (Å²) in [4.78, 5) is 19.2. The first kappa shape index (κ1) is 17.1. The molecule has 4 heterocycles. The summed E-state index contributed by atoms with van der Waals surface area (Å²) in [5.41, 5.74) is 0.759. The fourth-order valence-electron chi connectivity index (χ4n) is 3.17. The summed E-state index contributed by atoms with van der Waals surface area (Å²) in [5, 5.41) is 0.595. The number of nitrogens with zero attached hydrogens (tertiary/aromatic N) is 6. The van der Waals surface area contributed by atoms with Crippen molar-refractivity contribution in [1.82, 2.24) is 24.3 Å². The quantitative estimate of drug-likeness (QED) is 0.695. The molecule has 0 spiro atoms. The molecule has 0 radical (unpaired) electrons. The number of imidazole rings is 1. The highest BCUT2D eigenvalue weighted by molar-refractivity contribution is 7.99. The average molecular weight is 376 g/mol. The second-order valence-corrected chi connectivity index (χ2v) is 7.31. The first-order valence-corrected chi connectivity index (χ1v) is 9.67. The van der Waals surface area contributed by atoms with Crippen LogP contribution < -0.4 is 4.90 Å². The maximum absolute atomic E-state index is 13.0. The monoisotopic (exact) mass is 376 g/mol. The lowest BCUT2D eigenvalue weighted by atomic mass is 10.1. The summed E-state index contributed by atoms with van der Waals surface area (Å²) >= 11 is 1.88. The van der Waals surface area contributed by atoms with Gasteiger partial charge in [-0.05, 0) is 25.2 Å². The van der Waals surface area contributed by atoms with Gasteiger partial charge in [-0.3, -0.25) is 4.40 Å². The van der Waals surface area contributed by atoms with Crippen molar-refractivity contribution in [3.05, 3.63) is 36.5 Å². The number of hydrogen-bond acceptors (Lipinski definition) is 6. The maximum Gasteiger partial charge on any atom is 0.281 e. The van der Waals surface area contributed by atoms with Gasteiger partial charge in [0.15, 0.2) is 11.5 Å². The van der Waals surface area contributed by atoms with E-state index in [1.54, 1.807) is 16.8 Å². The fraction of sp³-hybridized carbons (Fsp3) is 0.412. The van der Waals surface area contributed by atoms with Crippen LogP contribution in [0.3, 0.4) is 0 Å². The van der Waals surface area contributed by atoms with Gasteiger partial charge in [-0.15, -0.1) is 0 Å². The maximum atomic E-state index is 13.0. The van der Waals surface area contributed by atoms with E-state index < -0.39 is 6.43 Å². The van der Waals surface area contributed by atoms with Crippen LogP contribution in [0.1, 0.15) is 25.0 Å². The Hall–Kier alpha value is -2.29. The molecule has 9 heteroatoms. The third-order valence-corrected chi connectivity index (χ3v) is 5.60. The molecule has 6 nitrogen and oxygen atoms in total. The van der Waals surface area contributed by atoms with E-state index in [1.807, 2.05) is 17.8 Å². The molecule has 1 aliphatic rings. The zero-order valence-corrected chi connectivity index (χ0v) is 15.0. The van der Waals surface area contributed by atoms with Crippen molar-refractivity contribution in [3.8, 4) is 11.5 Å². The molecule has 3 aromatic heterocycles. The Bertz CT molecular complexity index is 915. The molecule has 136 valence electrons. The van der Waals surface area contributed by atoms with Crippen molar-refractivity contribution in [2.45, 2.75) is 24.5 Å². The van der Waals surface area contributed by atoms with Crippen molar-refractivity contribution in [2.75, 3.05) is 24.2 Å². The minimum Gasteiger partial charge on any atom is -0.355 e. The Morgan fingerprint density at radius 2 is 2.12 bits per heavy atom. The second-order valence-electron chi connectivity index (χ2n) is 6.17. The zero-order valence-electron chi connectivity index (χ0n) is 14.2. The van der Waals surface area contributed by atoms with Gasteiger partial charge in [-0.2, -0.15) is 11.8 Å². The van der Waals surface area contributed by atoms with Crippen LogP contribution in [0.4, 0.5) is 14.6 Å². The van der Waals surface area contributed by atoms with Crippen LogP contribution in [0.5, 0.6) is 0 Å². The largest absolute Gasteiger partial charge is 0.355 e. The van der Waals surface area contributed by atoms with Gasteiger partial charge in [-0.25, -0.2) is 28.7 Å². The van der Waals surface area contributed by atoms with Crippen LogP contribution in [0.15, 0.2) is 30.9 Å². The Kier molecular flexibility index (Phi) is 4.71. The number of alkyl halides is 2. The number of fused-ring (bicyclic) bond motifs is 1. The molecule has 1 saturated heterocycles. The molecule has 1 atom stereocenters. The minimum absolute atomic E-state index is 0.299. The van der Waals surface area contributed by atoms with Crippen molar-refractivity contribution >= 4 is 23.2 Å². The molecule has 0 amide bonds. The van der Waals surface area contributed by atoms with Crippen LogP contribution in [0.2, 0.25) is 0 Å². The van der Waals surface area contributed by atoms with Gasteiger partial charge in [0.2, 0.25) is 0 Å². The van der Waals surface area contributed by atoms with Gasteiger partial charge in [0.05, 0.1) is 12.4 Å². The third kappa shape index (κ3) is 3.23. The highest BCUT2D eigenvalue weighted by Gasteiger charge is 2.21. The van der Waals surface area contributed by atoms with E-state index >= 15 is 0 Å². The van der Waals surface area contributed by atoms with Gasteiger partial charge in [0.1, 0.15) is 17.2 Å². The number of aromatic nitrogens is 5. The molecule has 0 bridgehead atoms. The molecule has 3 aromatic rings. The summed E-state index contributed by atoms with van der Waals surface area (Å²) in [6.45, 7) is 1.91. The first-order valence-electron chi connectivity index (χ1n) is 8.38. The Labute approximate surface area is 153 Å². The molecule has 4 rings (SSSR count). The van der Waals surface area contributed by atoms with E-state index in [0.29, 0.717) is 22.4 Å². The van der Waals surface area contributed by atoms with E-state index in [-0.39, 0.29) is 5.69 Å².